The summed E-state index contributed by atoms with van der Waals surface area (Å²) in [5, 5.41) is 7.84. The number of hydrogen-bond donors (Lipinski definition) is 2. The third kappa shape index (κ3) is 3.31. The molecule has 3 N–H and O–H groups in total. The number of H-pyrrole nitrogens is 1. The van der Waals surface area contributed by atoms with Gasteiger partial charge in [0.2, 0.25) is 0 Å². The maximum Gasteiger partial charge on any atom is 0.183 e. The molecule has 3 aliphatic rings. The van der Waals surface area contributed by atoms with E-state index in [0.29, 0.717) is 0 Å². The molecule has 8 heteroatoms. The first-order chi connectivity index (χ1) is 17.2. The Bertz CT molecular complexity index is 1390. The maximum absolute atomic E-state index is 6.74. The molecule has 0 unspecified atom stereocenters. The van der Waals surface area contributed by atoms with Crippen LogP contribution in [0, 0.1) is 5.41 Å². The number of para-hydroxylation sites is 1. The Labute approximate surface area is 204 Å². The molecule has 0 saturated carbocycles. The van der Waals surface area contributed by atoms with Crippen LogP contribution in [0.3, 0.4) is 0 Å². The number of nitrogens with two attached hydrogens (primary N) is 1. The topological polar surface area (TPSA) is 99.9 Å². The van der Waals surface area contributed by atoms with E-state index < -0.39 is 0 Å². The Morgan fingerprint density at radius 3 is 2.77 bits per heavy atom. The van der Waals surface area contributed by atoms with Gasteiger partial charge in [-0.25, -0.2) is 9.97 Å². The number of piperidine rings is 1. The minimum absolute atomic E-state index is 0.0860. The van der Waals surface area contributed by atoms with Crippen LogP contribution >= 0.6 is 0 Å². The van der Waals surface area contributed by atoms with Gasteiger partial charge in [-0.1, -0.05) is 18.2 Å². The van der Waals surface area contributed by atoms with Crippen LogP contribution in [0.4, 0.5) is 17.3 Å². The fourth-order valence-electron chi connectivity index (χ4n) is 6.41. The van der Waals surface area contributed by atoms with Gasteiger partial charge < -0.3 is 15.5 Å². The van der Waals surface area contributed by atoms with Crippen molar-refractivity contribution in [1.82, 2.24) is 25.1 Å². The van der Waals surface area contributed by atoms with E-state index in [1.54, 1.807) is 0 Å². The number of anilines is 3. The fraction of sp³-hybridized carbons (Fsp3) is 0.407. The molecule has 1 atom stereocenters. The molecule has 35 heavy (non-hydrogen) atoms. The van der Waals surface area contributed by atoms with Crippen LogP contribution in [0.25, 0.3) is 11.2 Å². The number of nitrogens with one attached hydrogen (secondary N) is 1. The second kappa shape index (κ2) is 8.02. The zero-order chi connectivity index (χ0) is 23.4. The second-order valence-electron chi connectivity index (χ2n) is 10.3. The summed E-state index contributed by atoms with van der Waals surface area (Å²) in [5.74, 6) is 1.78. The molecule has 178 valence electrons. The largest absolute Gasteiger partial charge is 0.355 e. The van der Waals surface area contributed by atoms with Gasteiger partial charge in [0, 0.05) is 43.8 Å². The highest BCUT2D eigenvalue weighted by molar-refractivity contribution is 5.87. The monoisotopic (exact) mass is 466 g/mol. The third-order valence-corrected chi connectivity index (χ3v) is 8.42. The van der Waals surface area contributed by atoms with Crippen molar-refractivity contribution in [1.29, 1.82) is 0 Å². The fourth-order valence-corrected chi connectivity index (χ4v) is 6.41. The molecule has 0 bridgehead atoms. The number of aryl methyl sites for hydroxylation is 1. The van der Waals surface area contributed by atoms with Gasteiger partial charge in [0.25, 0.3) is 0 Å². The third-order valence-electron chi connectivity index (χ3n) is 8.42. The van der Waals surface area contributed by atoms with Crippen molar-refractivity contribution in [3.63, 3.8) is 0 Å². The molecule has 4 aromatic rings. The van der Waals surface area contributed by atoms with Crippen molar-refractivity contribution in [2.45, 2.75) is 44.6 Å². The Morgan fingerprint density at radius 1 is 1.00 bits per heavy atom. The van der Waals surface area contributed by atoms with Gasteiger partial charge in [-0.2, -0.15) is 5.10 Å². The molecule has 1 aromatic carbocycles. The second-order valence-corrected chi connectivity index (χ2v) is 10.3. The molecular weight excluding hydrogens is 436 g/mol. The van der Waals surface area contributed by atoms with Crippen LogP contribution in [0.15, 0.2) is 48.9 Å². The standard InChI is InChI=1S/C27H30N8/c28-24-20-8-11-29-16-19(20)15-27(24)9-13-34(14-10-27)22-17-30-23-25(31-22)32-33-26(23)35-12-4-3-6-18-5-1-2-7-21(18)35/h1-2,5,7-8,11,16-17,24H,3-4,6,9-10,12-15,28H2,(H,31,32,33)/t24-/m1/s1. The van der Waals surface area contributed by atoms with Crippen molar-refractivity contribution >= 4 is 28.5 Å². The highest BCUT2D eigenvalue weighted by atomic mass is 15.3. The van der Waals surface area contributed by atoms with Crippen molar-refractivity contribution in [2.24, 2.45) is 11.1 Å². The molecule has 0 amide bonds. The smallest absolute Gasteiger partial charge is 0.183 e. The van der Waals surface area contributed by atoms with Crippen LogP contribution < -0.4 is 15.5 Å². The number of nitrogens with zero attached hydrogens (tertiary/aromatic N) is 6. The lowest BCUT2D eigenvalue weighted by molar-refractivity contribution is 0.187. The first-order valence-electron chi connectivity index (χ1n) is 12.7. The van der Waals surface area contributed by atoms with Crippen LogP contribution in [-0.2, 0) is 12.8 Å². The summed E-state index contributed by atoms with van der Waals surface area (Å²) in [6.45, 7) is 2.79. The highest BCUT2D eigenvalue weighted by Gasteiger charge is 2.46. The van der Waals surface area contributed by atoms with Gasteiger partial charge in [-0.05, 0) is 72.8 Å². The number of rotatable bonds is 2. The van der Waals surface area contributed by atoms with E-state index in [2.05, 4.69) is 55.3 Å². The van der Waals surface area contributed by atoms with E-state index in [0.717, 1.165) is 74.5 Å². The number of aromatic nitrogens is 5. The maximum atomic E-state index is 6.74. The van der Waals surface area contributed by atoms with E-state index in [1.807, 2.05) is 18.6 Å². The predicted molar refractivity (Wildman–Crippen MR) is 137 cm³/mol. The lowest BCUT2D eigenvalue weighted by atomic mass is 9.73. The van der Waals surface area contributed by atoms with Crippen LogP contribution in [-0.4, -0.2) is 44.8 Å². The van der Waals surface area contributed by atoms with Gasteiger partial charge in [-0.3, -0.25) is 10.1 Å². The summed E-state index contributed by atoms with van der Waals surface area (Å²) in [7, 11) is 0. The van der Waals surface area contributed by atoms with Crippen molar-refractivity contribution < 1.29 is 0 Å². The predicted octanol–water partition coefficient (Wildman–Crippen LogP) is 4.07. The molecule has 1 aliphatic carbocycles. The highest BCUT2D eigenvalue weighted by Crippen LogP contribution is 2.50. The molecule has 7 rings (SSSR count). The average molecular weight is 467 g/mol. The van der Waals surface area contributed by atoms with Crippen LogP contribution in [0.2, 0.25) is 0 Å². The van der Waals surface area contributed by atoms with E-state index in [1.165, 1.54) is 28.8 Å². The van der Waals surface area contributed by atoms with Gasteiger partial charge >= 0.3 is 0 Å². The summed E-state index contributed by atoms with van der Waals surface area (Å²) in [6.07, 6.45) is 12.3. The lowest BCUT2D eigenvalue weighted by Gasteiger charge is -2.42. The van der Waals surface area contributed by atoms with Gasteiger partial charge in [-0.15, -0.1) is 0 Å². The van der Waals surface area contributed by atoms with Crippen molar-refractivity contribution in [3.05, 3.63) is 65.6 Å². The van der Waals surface area contributed by atoms with Crippen LogP contribution in [0.5, 0.6) is 0 Å². The minimum atomic E-state index is 0.0860. The molecule has 8 nitrogen and oxygen atoms in total. The van der Waals surface area contributed by atoms with Crippen molar-refractivity contribution in [3.8, 4) is 0 Å². The average Bonchev–Trinajstić information content (AvgIpc) is 3.35. The van der Waals surface area contributed by atoms with E-state index in [9.17, 15) is 0 Å². The Balaban J connectivity index is 1.13. The molecule has 5 heterocycles. The number of fused-ring (bicyclic) bond motifs is 3. The summed E-state index contributed by atoms with van der Waals surface area (Å²) in [5.41, 5.74) is 13.6. The molecule has 3 aromatic heterocycles. The van der Waals surface area contributed by atoms with Gasteiger partial charge in [0.05, 0.1) is 6.20 Å². The first kappa shape index (κ1) is 20.8. The SMILES string of the molecule is N[C@@H]1c2ccncc2CC12CCN(c1cnc3c(N4CCCCc5ccccc54)n[nH]c3n1)CC2. The molecule has 1 saturated heterocycles. The lowest BCUT2D eigenvalue weighted by Crippen LogP contribution is -2.44. The van der Waals surface area contributed by atoms with E-state index in [4.69, 9.17) is 15.7 Å². The van der Waals surface area contributed by atoms with Gasteiger partial charge in [0.1, 0.15) is 5.82 Å². The summed E-state index contributed by atoms with van der Waals surface area (Å²) >= 11 is 0. The number of hydrogen-bond acceptors (Lipinski definition) is 7. The van der Waals surface area contributed by atoms with E-state index in [-0.39, 0.29) is 11.5 Å². The Hall–Kier alpha value is -3.52. The summed E-state index contributed by atoms with van der Waals surface area (Å²) < 4.78 is 0. The molecule has 1 spiro atoms. The minimum Gasteiger partial charge on any atom is -0.355 e. The zero-order valence-electron chi connectivity index (χ0n) is 19.8. The summed E-state index contributed by atoms with van der Waals surface area (Å²) in [6, 6.07) is 10.8. The van der Waals surface area contributed by atoms with Crippen LogP contribution in [0.1, 0.15) is 48.4 Å². The molecule has 1 fully saturated rings. The Kier molecular flexibility index (Phi) is 4.77. The summed E-state index contributed by atoms with van der Waals surface area (Å²) in [4.78, 5) is 18.8. The quantitative estimate of drug-likeness (QED) is 0.459. The normalized spacial score (nSPS) is 21.2. The number of aromatic amines is 1. The molecule has 2 aliphatic heterocycles. The Morgan fingerprint density at radius 2 is 1.89 bits per heavy atom. The zero-order valence-corrected chi connectivity index (χ0v) is 19.8. The number of pyridine rings is 1. The molecule has 0 radical (unpaired) electrons. The molecular formula is C27H30N8. The van der Waals surface area contributed by atoms with E-state index >= 15 is 0 Å². The van der Waals surface area contributed by atoms with Gasteiger partial charge in [0.15, 0.2) is 17.0 Å². The number of benzene rings is 1. The van der Waals surface area contributed by atoms with Crippen molar-refractivity contribution in [2.75, 3.05) is 29.4 Å². The first-order valence-corrected chi connectivity index (χ1v) is 12.7.